The molecule has 0 aliphatic carbocycles. The van der Waals surface area contributed by atoms with Gasteiger partial charge in [-0.2, -0.15) is 0 Å². The highest BCUT2D eigenvalue weighted by Gasteiger charge is 2.21. The predicted octanol–water partition coefficient (Wildman–Crippen LogP) is 4.79. The molecule has 1 aliphatic rings. The van der Waals surface area contributed by atoms with Gasteiger partial charge in [-0.25, -0.2) is 0 Å². The number of hydrogen-bond acceptors (Lipinski definition) is 2. The lowest BCUT2D eigenvalue weighted by atomic mass is 9.96. The summed E-state index contributed by atoms with van der Waals surface area (Å²) in [6.45, 7) is 3.83. The normalized spacial score (nSPS) is 13.4. The van der Waals surface area contributed by atoms with Crippen LogP contribution in [0.25, 0.3) is 0 Å². The van der Waals surface area contributed by atoms with Crippen molar-refractivity contribution < 1.29 is 4.79 Å². The molecule has 2 heteroatoms. The molecule has 0 unspecified atom stereocenters. The fourth-order valence-electron chi connectivity index (χ4n) is 3.50. The molecule has 124 valence electrons. The van der Waals surface area contributed by atoms with Crippen LogP contribution in [0.1, 0.15) is 32.6 Å². The lowest BCUT2D eigenvalue weighted by Crippen LogP contribution is -2.31. The van der Waals surface area contributed by atoms with Crippen molar-refractivity contribution in [3.63, 3.8) is 0 Å². The monoisotopic (exact) mass is 327 g/mol. The summed E-state index contributed by atoms with van der Waals surface area (Å²) in [6.07, 6.45) is 1.02. The van der Waals surface area contributed by atoms with Gasteiger partial charge in [0, 0.05) is 29.9 Å². The van der Waals surface area contributed by atoms with Gasteiger partial charge in [-0.3, -0.25) is 4.79 Å². The van der Waals surface area contributed by atoms with E-state index in [0.29, 0.717) is 0 Å². The van der Waals surface area contributed by atoms with Crippen LogP contribution in [0.2, 0.25) is 0 Å². The Morgan fingerprint density at radius 1 is 0.840 bits per heavy atom. The van der Waals surface area contributed by atoms with E-state index >= 15 is 0 Å². The third kappa shape index (κ3) is 3.08. The zero-order valence-corrected chi connectivity index (χ0v) is 14.4. The highest BCUT2D eigenvalue weighted by molar-refractivity contribution is 6.12. The minimum atomic E-state index is 0.0921. The van der Waals surface area contributed by atoms with E-state index in [-0.39, 0.29) is 5.78 Å². The fourth-order valence-corrected chi connectivity index (χ4v) is 3.50. The summed E-state index contributed by atoms with van der Waals surface area (Å²) in [6, 6.07) is 24.4. The molecule has 0 fully saturated rings. The molecule has 1 aliphatic heterocycles. The van der Waals surface area contributed by atoms with Crippen LogP contribution in [0.15, 0.2) is 72.8 Å². The number of carbonyl (C=O) groups excluding carboxylic acids is 1. The van der Waals surface area contributed by atoms with Gasteiger partial charge in [0.05, 0.1) is 0 Å². The summed E-state index contributed by atoms with van der Waals surface area (Å²) in [7, 11) is 0. The molecule has 0 radical (unpaired) electrons. The van der Waals surface area contributed by atoms with E-state index in [1.807, 2.05) is 49.4 Å². The van der Waals surface area contributed by atoms with Crippen LogP contribution in [-0.2, 0) is 13.0 Å². The van der Waals surface area contributed by atoms with E-state index in [4.69, 9.17) is 0 Å². The summed E-state index contributed by atoms with van der Waals surface area (Å²) in [5.41, 5.74) is 6.49. The van der Waals surface area contributed by atoms with E-state index in [1.165, 1.54) is 11.1 Å². The number of nitrogens with zero attached hydrogens (tertiary/aromatic N) is 1. The third-order valence-electron chi connectivity index (χ3n) is 4.93. The lowest BCUT2D eigenvalue weighted by molar-refractivity contribution is 0.103. The second-order valence-corrected chi connectivity index (χ2v) is 6.65. The van der Waals surface area contributed by atoms with Gasteiger partial charge in [-0.1, -0.05) is 66.2 Å². The first-order chi connectivity index (χ1) is 12.2. The maximum Gasteiger partial charge on any atom is 0.195 e. The molecule has 4 rings (SSSR count). The Bertz CT molecular complexity index is 911. The molecule has 0 spiro atoms. The first kappa shape index (κ1) is 15.6. The highest BCUT2D eigenvalue weighted by atomic mass is 16.1. The summed E-state index contributed by atoms with van der Waals surface area (Å²) in [5.74, 6) is 0.0921. The molecule has 1 heterocycles. The quantitative estimate of drug-likeness (QED) is 0.645. The van der Waals surface area contributed by atoms with Crippen LogP contribution in [0, 0.1) is 6.92 Å². The molecule has 0 N–H and O–H groups in total. The van der Waals surface area contributed by atoms with Crippen LogP contribution in [0.5, 0.6) is 0 Å². The molecule has 0 aromatic heterocycles. The van der Waals surface area contributed by atoms with Gasteiger partial charge >= 0.3 is 0 Å². The number of ketones is 1. The maximum atomic E-state index is 13.0. The molecule has 2 nitrogen and oxygen atoms in total. The number of rotatable bonds is 3. The predicted molar refractivity (Wildman–Crippen MR) is 102 cm³/mol. The molecular weight excluding hydrogens is 306 g/mol. The Hall–Kier alpha value is -2.87. The van der Waals surface area contributed by atoms with Gasteiger partial charge in [0.2, 0.25) is 0 Å². The second kappa shape index (κ2) is 6.56. The Kier molecular flexibility index (Phi) is 4.10. The van der Waals surface area contributed by atoms with Gasteiger partial charge in [-0.05, 0) is 36.6 Å². The molecule has 0 bridgehead atoms. The van der Waals surface area contributed by atoms with Crippen molar-refractivity contribution in [2.75, 3.05) is 11.4 Å². The van der Waals surface area contributed by atoms with E-state index in [1.54, 1.807) is 0 Å². The third-order valence-corrected chi connectivity index (χ3v) is 4.93. The van der Waals surface area contributed by atoms with E-state index in [2.05, 4.69) is 35.2 Å². The minimum absolute atomic E-state index is 0.0921. The average molecular weight is 327 g/mol. The highest BCUT2D eigenvalue weighted by Crippen LogP contribution is 2.28. The van der Waals surface area contributed by atoms with Crippen molar-refractivity contribution in [1.82, 2.24) is 0 Å². The van der Waals surface area contributed by atoms with Gasteiger partial charge in [-0.15, -0.1) is 0 Å². The smallest absolute Gasteiger partial charge is 0.195 e. The molecule has 0 amide bonds. The van der Waals surface area contributed by atoms with Crippen molar-refractivity contribution >= 4 is 11.5 Å². The fraction of sp³-hybridized carbons (Fsp3) is 0.174. The van der Waals surface area contributed by atoms with Crippen LogP contribution in [0.4, 0.5) is 5.69 Å². The van der Waals surface area contributed by atoms with E-state index in [0.717, 1.165) is 41.9 Å². The molecule has 0 saturated heterocycles. The molecule has 0 saturated carbocycles. The first-order valence-electron chi connectivity index (χ1n) is 8.74. The Balaban J connectivity index is 1.68. The van der Waals surface area contributed by atoms with Gasteiger partial charge < -0.3 is 4.90 Å². The zero-order valence-electron chi connectivity index (χ0n) is 14.4. The largest absolute Gasteiger partial charge is 0.366 e. The summed E-state index contributed by atoms with van der Waals surface area (Å²) in [4.78, 5) is 15.4. The number of anilines is 1. The number of hydrogen-bond donors (Lipinski definition) is 0. The number of aryl methyl sites for hydroxylation is 1. The summed E-state index contributed by atoms with van der Waals surface area (Å²) >= 11 is 0. The van der Waals surface area contributed by atoms with Crippen molar-refractivity contribution in [3.05, 3.63) is 101 Å². The molecule has 25 heavy (non-hydrogen) atoms. The summed E-state index contributed by atoms with van der Waals surface area (Å²) in [5, 5.41) is 0. The number of carbonyl (C=O) groups is 1. The van der Waals surface area contributed by atoms with Crippen molar-refractivity contribution in [2.24, 2.45) is 0 Å². The van der Waals surface area contributed by atoms with Gasteiger partial charge in [0.1, 0.15) is 0 Å². The van der Waals surface area contributed by atoms with Gasteiger partial charge in [0.15, 0.2) is 5.78 Å². The first-order valence-corrected chi connectivity index (χ1v) is 8.74. The van der Waals surface area contributed by atoms with Crippen LogP contribution in [-0.4, -0.2) is 12.3 Å². The maximum absolute atomic E-state index is 13.0. The van der Waals surface area contributed by atoms with Crippen molar-refractivity contribution in [2.45, 2.75) is 19.9 Å². The second-order valence-electron chi connectivity index (χ2n) is 6.65. The zero-order chi connectivity index (χ0) is 17.2. The SMILES string of the molecule is Cc1ccc(C(=O)c2ccccc2N2CCc3ccccc3C2)cc1. The molecule has 3 aromatic carbocycles. The minimum Gasteiger partial charge on any atom is -0.366 e. The summed E-state index contributed by atoms with van der Waals surface area (Å²) < 4.78 is 0. The molecule has 0 atom stereocenters. The molecule has 3 aromatic rings. The van der Waals surface area contributed by atoms with Crippen molar-refractivity contribution in [3.8, 4) is 0 Å². The Morgan fingerprint density at radius 3 is 2.32 bits per heavy atom. The average Bonchev–Trinajstić information content (AvgIpc) is 2.67. The lowest BCUT2D eigenvalue weighted by Gasteiger charge is -2.32. The van der Waals surface area contributed by atoms with Crippen LogP contribution in [0.3, 0.4) is 0 Å². The Morgan fingerprint density at radius 2 is 1.52 bits per heavy atom. The number of fused-ring (bicyclic) bond motifs is 1. The standard InChI is InChI=1S/C23H21NO/c1-17-10-12-19(13-11-17)23(25)21-8-4-5-9-22(21)24-15-14-18-6-2-3-7-20(18)16-24/h2-13H,14-16H2,1H3. The number of benzene rings is 3. The van der Waals surface area contributed by atoms with Crippen LogP contribution >= 0.6 is 0 Å². The van der Waals surface area contributed by atoms with E-state index in [9.17, 15) is 4.79 Å². The Labute approximate surface area is 148 Å². The van der Waals surface area contributed by atoms with Crippen LogP contribution < -0.4 is 4.90 Å². The van der Waals surface area contributed by atoms with E-state index < -0.39 is 0 Å². The topological polar surface area (TPSA) is 20.3 Å². The number of para-hydroxylation sites is 1. The molecular formula is C23H21NO. The van der Waals surface area contributed by atoms with Crippen molar-refractivity contribution in [1.29, 1.82) is 0 Å². The van der Waals surface area contributed by atoms with Gasteiger partial charge in [0.25, 0.3) is 0 Å².